The highest BCUT2D eigenvalue weighted by Crippen LogP contribution is 2.41. The summed E-state index contributed by atoms with van der Waals surface area (Å²) in [5.74, 6) is 2.42. The van der Waals surface area contributed by atoms with Gasteiger partial charge in [0.1, 0.15) is 18.4 Å². The Morgan fingerprint density at radius 3 is 2.55 bits per heavy atom. The average molecular weight is 733 g/mol. The molecule has 4 aromatic carbocycles. The minimum absolute atomic E-state index is 0.315. The number of anilines is 2. The van der Waals surface area contributed by atoms with Crippen molar-refractivity contribution in [1.82, 2.24) is 14.8 Å². The number of amides is 1. The molecule has 5 aromatic rings. The molecule has 6 rings (SSSR count). The first-order chi connectivity index (χ1) is 22.8. The van der Waals surface area contributed by atoms with Gasteiger partial charge in [0.05, 0.1) is 25.5 Å². The van der Waals surface area contributed by atoms with E-state index in [4.69, 9.17) is 35.9 Å². The van der Waals surface area contributed by atoms with Crippen LogP contribution in [0.2, 0.25) is 5.02 Å². The summed E-state index contributed by atoms with van der Waals surface area (Å²) in [4.78, 5) is 18.9. The zero-order valence-corrected chi connectivity index (χ0v) is 28.9. The van der Waals surface area contributed by atoms with Crippen LogP contribution in [0.25, 0.3) is 0 Å². The Morgan fingerprint density at radius 1 is 0.979 bits per heavy atom. The van der Waals surface area contributed by atoms with E-state index >= 15 is 0 Å². The quantitative estimate of drug-likeness (QED) is 0.131. The maximum atomic E-state index is 14.1. The Bertz CT molecular complexity index is 1970. The Labute approximate surface area is 290 Å². The van der Waals surface area contributed by atoms with E-state index < -0.39 is 6.04 Å². The van der Waals surface area contributed by atoms with Crippen molar-refractivity contribution in [3.8, 4) is 17.2 Å². The van der Waals surface area contributed by atoms with Crippen molar-refractivity contribution in [3.05, 3.63) is 128 Å². The monoisotopic (exact) mass is 731 g/mol. The van der Waals surface area contributed by atoms with E-state index in [2.05, 4.69) is 26.6 Å². The second kappa shape index (κ2) is 14.5. The summed E-state index contributed by atoms with van der Waals surface area (Å²) < 4.78 is 20.1. The molecule has 1 atom stereocenters. The Hall–Kier alpha value is -4.45. The van der Waals surface area contributed by atoms with Crippen LogP contribution in [0, 0.1) is 0 Å². The van der Waals surface area contributed by atoms with Crippen molar-refractivity contribution in [3.63, 3.8) is 0 Å². The number of benzene rings is 4. The SMILES string of the molecule is COc1ccccc1NC(=O)C1=C(C)Nc2nc(SCc3ccccc3Cl)nn2C1c1ccc(OCc2cccc(Br)c2)c(OC)c1. The summed E-state index contributed by atoms with van der Waals surface area (Å²) in [5, 5.41) is 12.4. The van der Waals surface area contributed by atoms with E-state index in [0.717, 1.165) is 21.2 Å². The zero-order valence-electron chi connectivity index (χ0n) is 25.8. The van der Waals surface area contributed by atoms with Crippen LogP contribution in [0.5, 0.6) is 17.2 Å². The highest BCUT2D eigenvalue weighted by Gasteiger charge is 2.35. The molecule has 1 aromatic heterocycles. The lowest BCUT2D eigenvalue weighted by Gasteiger charge is -2.29. The third-order valence-corrected chi connectivity index (χ3v) is 9.28. The number of halogens is 2. The minimum Gasteiger partial charge on any atom is -0.495 e. The predicted molar refractivity (Wildman–Crippen MR) is 189 cm³/mol. The molecular formula is C35H31BrClN5O4S. The number of carbonyl (C=O) groups excluding carboxylic acids is 1. The molecular weight excluding hydrogens is 702 g/mol. The number of nitrogens with one attached hydrogen (secondary N) is 2. The van der Waals surface area contributed by atoms with E-state index in [-0.39, 0.29) is 5.91 Å². The molecule has 1 unspecified atom stereocenters. The van der Waals surface area contributed by atoms with Crippen molar-refractivity contribution >= 4 is 56.8 Å². The van der Waals surface area contributed by atoms with Gasteiger partial charge in [-0.3, -0.25) is 4.79 Å². The molecule has 12 heteroatoms. The number of rotatable bonds is 11. The van der Waals surface area contributed by atoms with Crippen molar-refractivity contribution in [2.45, 2.75) is 30.5 Å². The average Bonchev–Trinajstić information content (AvgIpc) is 3.48. The van der Waals surface area contributed by atoms with Gasteiger partial charge >= 0.3 is 0 Å². The van der Waals surface area contributed by atoms with Crippen molar-refractivity contribution in [1.29, 1.82) is 0 Å². The second-order valence-corrected chi connectivity index (χ2v) is 12.9. The van der Waals surface area contributed by atoms with Crippen LogP contribution in [0.1, 0.15) is 29.7 Å². The molecule has 2 heterocycles. The normalized spacial score (nSPS) is 13.9. The van der Waals surface area contributed by atoms with Gasteiger partial charge in [0.15, 0.2) is 11.5 Å². The molecule has 0 saturated heterocycles. The highest BCUT2D eigenvalue weighted by molar-refractivity contribution is 9.10. The van der Waals surface area contributed by atoms with Gasteiger partial charge in [-0.1, -0.05) is 87.8 Å². The molecule has 0 aliphatic carbocycles. The summed E-state index contributed by atoms with van der Waals surface area (Å²) in [6.45, 7) is 2.21. The van der Waals surface area contributed by atoms with E-state index in [1.807, 2.05) is 85.8 Å². The number of ether oxygens (including phenoxy) is 3. The van der Waals surface area contributed by atoms with Crippen LogP contribution in [0.3, 0.4) is 0 Å². The molecule has 0 spiro atoms. The number of methoxy groups -OCH3 is 2. The number of hydrogen-bond donors (Lipinski definition) is 2. The molecule has 47 heavy (non-hydrogen) atoms. The number of thioether (sulfide) groups is 1. The molecule has 0 fully saturated rings. The lowest BCUT2D eigenvalue weighted by atomic mass is 9.94. The fourth-order valence-corrected chi connectivity index (χ4v) is 6.81. The van der Waals surface area contributed by atoms with Gasteiger partial charge in [0.2, 0.25) is 11.1 Å². The topological polar surface area (TPSA) is 99.5 Å². The van der Waals surface area contributed by atoms with Crippen LogP contribution in [0.4, 0.5) is 11.6 Å². The zero-order chi connectivity index (χ0) is 32.9. The molecule has 2 N–H and O–H groups in total. The number of hydrogen-bond acceptors (Lipinski definition) is 8. The molecule has 240 valence electrons. The van der Waals surface area contributed by atoms with Gasteiger partial charge in [-0.05, 0) is 66.1 Å². The van der Waals surface area contributed by atoms with Crippen LogP contribution >= 0.6 is 39.3 Å². The van der Waals surface area contributed by atoms with Gasteiger partial charge in [-0.2, -0.15) is 4.98 Å². The van der Waals surface area contributed by atoms with Gasteiger partial charge < -0.3 is 24.8 Å². The van der Waals surface area contributed by atoms with Gasteiger partial charge in [-0.15, -0.1) is 5.10 Å². The molecule has 9 nitrogen and oxygen atoms in total. The number of aromatic nitrogens is 3. The molecule has 0 radical (unpaired) electrons. The number of fused-ring (bicyclic) bond motifs is 1. The number of para-hydroxylation sites is 2. The lowest BCUT2D eigenvalue weighted by Crippen LogP contribution is -2.31. The Kier molecular flexibility index (Phi) is 10.1. The van der Waals surface area contributed by atoms with Crippen LogP contribution in [-0.4, -0.2) is 34.9 Å². The van der Waals surface area contributed by atoms with Crippen LogP contribution in [-0.2, 0) is 17.2 Å². The van der Waals surface area contributed by atoms with Gasteiger partial charge in [-0.25, -0.2) is 4.68 Å². The minimum atomic E-state index is -0.642. The van der Waals surface area contributed by atoms with Crippen molar-refractivity contribution in [2.24, 2.45) is 0 Å². The van der Waals surface area contributed by atoms with Gasteiger partial charge in [0.25, 0.3) is 5.91 Å². The predicted octanol–water partition coefficient (Wildman–Crippen LogP) is 8.51. The smallest absolute Gasteiger partial charge is 0.255 e. The summed E-state index contributed by atoms with van der Waals surface area (Å²) in [6, 6.07) is 27.9. The third-order valence-electron chi connectivity index (χ3n) is 7.53. The Balaban J connectivity index is 1.36. The first kappa shape index (κ1) is 32.5. The van der Waals surface area contributed by atoms with Crippen molar-refractivity contribution < 1.29 is 19.0 Å². The number of nitrogens with zero attached hydrogens (tertiary/aromatic N) is 3. The fraction of sp³-hybridized carbons (Fsp3) is 0.171. The van der Waals surface area contributed by atoms with E-state index in [0.29, 0.717) is 62.7 Å². The third kappa shape index (κ3) is 7.27. The summed E-state index contributed by atoms with van der Waals surface area (Å²) >= 11 is 11.4. The summed E-state index contributed by atoms with van der Waals surface area (Å²) in [7, 11) is 3.16. The maximum absolute atomic E-state index is 14.1. The van der Waals surface area contributed by atoms with E-state index in [1.54, 1.807) is 31.0 Å². The maximum Gasteiger partial charge on any atom is 0.255 e. The van der Waals surface area contributed by atoms with Crippen LogP contribution in [0.15, 0.2) is 112 Å². The Morgan fingerprint density at radius 2 is 1.77 bits per heavy atom. The number of carbonyl (C=O) groups is 1. The fourth-order valence-electron chi connectivity index (χ4n) is 5.25. The lowest BCUT2D eigenvalue weighted by molar-refractivity contribution is -0.113. The molecule has 1 amide bonds. The first-order valence-electron chi connectivity index (χ1n) is 14.6. The van der Waals surface area contributed by atoms with Crippen molar-refractivity contribution in [2.75, 3.05) is 24.9 Å². The first-order valence-corrected chi connectivity index (χ1v) is 16.8. The molecule has 1 aliphatic heterocycles. The van der Waals surface area contributed by atoms with E-state index in [9.17, 15) is 4.79 Å². The van der Waals surface area contributed by atoms with Gasteiger partial charge in [0, 0.05) is 20.9 Å². The second-order valence-electron chi connectivity index (χ2n) is 10.6. The standard InChI is InChI=1S/C35H31BrClN5O4S/c1-21-31(33(43)39-27-13-6-7-14-28(27)44-2)32(42-34(38-21)40-35(41-42)47-20-24-10-4-5-12-26(24)37)23-15-16-29(30(18-23)45-3)46-19-22-9-8-11-25(36)17-22/h4-18,32H,19-20H2,1-3H3,(H,39,43)(H,38,40,41). The molecule has 0 bridgehead atoms. The molecule has 0 saturated carbocycles. The van der Waals surface area contributed by atoms with Crippen LogP contribution < -0.4 is 24.8 Å². The largest absolute Gasteiger partial charge is 0.495 e. The highest BCUT2D eigenvalue weighted by atomic mass is 79.9. The number of allylic oxidation sites excluding steroid dienone is 1. The molecule has 1 aliphatic rings. The van der Waals surface area contributed by atoms with E-state index in [1.165, 1.54) is 11.8 Å². The summed E-state index contributed by atoms with van der Waals surface area (Å²) in [5.41, 5.74) is 4.39. The summed E-state index contributed by atoms with van der Waals surface area (Å²) in [6.07, 6.45) is 0.